The third kappa shape index (κ3) is 2.69. The maximum atomic E-state index is 13.2. The van der Waals surface area contributed by atoms with Crippen LogP contribution >= 0.6 is 0 Å². The molecule has 0 aliphatic rings. The maximum Gasteiger partial charge on any atom is 0.134 e. The van der Waals surface area contributed by atoms with Crippen molar-refractivity contribution in [2.45, 2.75) is 6.42 Å². The molecule has 0 aliphatic carbocycles. The second-order valence-electron chi connectivity index (χ2n) is 2.69. The summed E-state index contributed by atoms with van der Waals surface area (Å²) in [5.74, 6) is 0.126. The summed E-state index contributed by atoms with van der Waals surface area (Å²) in [6.45, 7) is 0. The molecule has 0 saturated carbocycles. The molecule has 0 amide bonds. The number of aldehydes is 1. The normalized spacial score (nSPS) is 10.4. The van der Waals surface area contributed by atoms with Gasteiger partial charge in [0.15, 0.2) is 0 Å². The van der Waals surface area contributed by atoms with Gasteiger partial charge < -0.3 is 9.53 Å². The SMILES string of the molecule is COc1ccc(C=CCC=O)c(F)c1. The molecule has 0 spiro atoms. The molecule has 0 atom stereocenters. The highest BCUT2D eigenvalue weighted by Crippen LogP contribution is 2.17. The van der Waals surface area contributed by atoms with Gasteiger partial charge in [-0.05, 0) is 12.1 Å². The molecular formula is C11H11FO2. The Balaban J connectivity index is 2.83. The molecule has 0 fully saturated rings. The van der Waals surface area contributed by atoms with Crippen molar-refractivity contribution in [2.24, 2.45) is 0 Å². The lowest BCUT2D eigenvalue weighted by molar-refractivity contribution is -0.107. The zero-order valence-corrected chi connectivity index (χ0v) is 7.87. The number of hydrogen-bond donors (Lipinski definition) is 0. The molecule has 0 radical (unpaired) electrons. The summed E-state index contributed by atoms with van der Waals surface area (Å²) in [5.41, 5.74) is 0.452. The molecule has 0 unspecified atom stereocenters. The number of ether oxygens (including phenoxy) is 1. The fraction of sp³-hybridized carbons (Fsp3) is 0.182. The van der Waals surface area contributed by atoms with Gasteiger partial charge in [0.25, 0.3) is 0 Å². The fourth-order valence-electron chi connectivity index (χ4n) is 1.02. The Morgan fingerprint density at radius 1 is 1.50 bits per heavy atom. The molecule has 0 bridgehead atoms. The van der Waals surface area contributed by atoms with E-state index in [2.05, 4.69) is 0 Å². The summed E-state index contributed by atoms with van der Waals surface area (Å²) < 4.78 is 18.1. The van der Waals surface area contributed by atoms with E-state index in [-0.39, 0.29) is 5.82 Å². The lowest BCUT2D eigenvalue weighted by Crippen LogP contribution is -1.86. The number of allylic oxidation sites excluding steroid dienone is 1. The van der Waals surface area contributed by atoms with Crippen LogP contribution in [0.2, 0.25) is 0 Å². The van der Waals surface area contributed by atoms with Crippen molar-refractivity contribution in [1.29, 1.82) is 0 Å². The molecule has 0 saturated heterocycles. The van der Waals surface area contributed by atoms with Gasteiger partial charge in [0, 0.05) is 18.1 Å². The van der Waals surface area contributed by atoms with Crippen LogP contribution in [0.1, 0.15) is 12.0 Å². The van der Waals surface area contributed by atoms with Gasteiger partial charge in [0.1, 0.15) is 17.9 Å². The van der Waals surface area contributed by atoms with Gasteiger partial charge in [-0.2, -0.15) is 0 Å². The first-order valence-corrected chi connectivity index (χ1v) is 4.21. The molecule has 0 aliphatic heterocycles. The number of benzene rings is 1. The van der Waals surface area contributed by atoms with Crippen LogP contribution in [0.4, 0.5) is 4.39 Å². The van der Waals surface area contributed by atoms with E-state index < -0.39 is 0 Å². The second kappa shape index (κ2) is 5.17. The highest BCUT2D eigenvalue weighted by Gasteiger charge is 1.99. The van der Waals surface area contributed by atoms with Crippen molar-refractivity contribution >= 4 is 12.4 Å². The molecule has 1 aromatic carbocycles. The van der Waals surface area contributed by atoms with Crippen LogP contribution in [0, 0.1) is 5.82 Å². The van der Waals surface area contributed by atoms with Crippen molar-refractivity contribution < 1.29 is 13.9 Å². The fourth-order valence-corrected chi connectivity index (χ4v) is 1.02. The van der Waals surface area contributed by atoms with Gasteiger partial charge in [-0.25, -0.2) is 4.39 Å². The van der Waals surface area contributed by atoms with Crippen LogP contribution in [0.3, 0.4) is 0 Å². The first kappa shape index (κ1) is 10.4. The largest absolute Gasteiger partial charge is 0.497 e. The van der Waals surface area contributed by atoms with Crippen molar-refractivity contribution in [3.8, 4) is 5.75 Å². The van der Waals surface area contributed by atoms with E-state index >= 15 is 0 Å². The van der Waals surface area contributed by atoms with E-state index in [1.807, 2.05) is 0 Å². The molecule has 1 aromatic rings. The number of carbonyl (C=O) groups is 1. The van der Waals surface area contributed by atoms with Gasteiger partial charge in [-0.3, -0.25) is 0 Å². The van der Waals surface area contributed by atoms with E-state index in [4.69, 9.17) is 4.74 Å². The first-order chi connectivity index (χ1) is 6.77. The zero-order chi connectivity index (χ0) is 10.4. The van der Waals surface area contributed by atoms with Crippen LogP contribution in [0.5, 0.6) is 5.75 Å². The van der Waals surface area contributed by atoms with Gasteiger partial charge >= 0.3 is 0 Å². The van der Waals surface area contributed by atoms with Gasteiger partial charge in [0.2, 0.25) is 0 Å². The minimum Gasteiger partial charge on any atom is -0.497 e. The molecule has 2 nitrogen and oxygen atoms in total. The lowest BCUT2D eigenvalue weighted by Gasteiger charge is -2.01. The molecule has 74 valence electrons. The van der Waals surface area contributed by atoms with E-state index in [1.54, 1.807) is 24.3 Å². The summed E-state index contributed by atoms with van der Waals surface area (Å²) in [6.07, 6.45) is 4.24. The number of methoxy groups -OCH3 is 1. The van der Waals surface area contributed by atoms with E-state index in [0.717, 1.165) is 6.29 Å². The summed E-state index contributed by atoms with van der Waals surface area (Å²) in [7, 11) is 1.48. The Bertz CT molecular complexity index is 345. The van der Waals surface area contributed by atoms with E-state index in [9.17, 15) is 9.18 Å². The van der Waals surface area contributed by atoms with Crippen LogP contribution in [-0.2, 0) is 4.79 Å². The molecule has 0 aromatic heterocycles. The third-order valence-electron chi connectivity index (χ3n) is 1.74. The average Bonchev–Trinajstić information content (AvgIpc) is 2.20. The lowest BCUT2D eigenvalue weighted by atomic mass is 10.2. The summed E-state index contributed by atoms with van der Waals surface area (Å²) >= 11 is 0. The molecule has 1 rings (SSSR count). The Morgan fingerprint density at radius 3 is 2.86 bits per heavy atom. The molecule has 14 heavy (non-hydrogen) atoms. The second-order valence-corrected chi connectivity index (χ2v) is 2.69. The Hall–Kier alpha value is -1.64. The Labute approximate surface area is 82.0 Å². The van der Waals surface area contributed by atoms with Gasteiger partial charge in [-0.15, -0.1) is 0 Å². The molecule has 0 heterocycles. The van der Waals surface area contributed by atoms with Crippen LogP contribution in [-0.4, -0.2) is 13.4 Å². The predicted octanol–water partition coefficient (Wildman–Crippen LogP) is 2.44. The molecule has 3 heteroatoms. The predicted molar refractivity (Wildman–Crippen MR) is 52.7 cm³/mol. The standard InChI is InChI=1S/C11H11FO2/c1-14-10-6-5-9(11(12)8-10)4-2-3-7-13/h2,4-8H,3H2,1H3. The number of carbonyl (C=O) groups excluding carboxylic acids is 1. The van der Waals surface area contributed by atoms with Crippen LogP contribution < -0.4 is 4.74 Å². The molecule has 0 N–H and O–H groups in total. The highest BCUT2D eigenvalue weighted by molar-refractivity contribution is 5.58. The quantitative estimate of drug-likeness (QED) is 0.688. The number of rotatable bonds is 4. The smallest absolute Gasteiger partial charge is 0.134 e. The highest BCUT2D eigenvalue weighted by atomic mass is 19.1. The number of hydrogen-bond acceptors (Lipinski definition) is 2. The maximum absolute atomic E-state index is 13.2. The third-order valence-corrected chi connectivity index (χ3v) is 1.74. The average molecular weight is 194 g/mol. The topological polar surface area (TPSA) is 26.3 Å². The van der Waals surface area contributed by atoms with Crippen molar-refractivity contribution in [2.75, 3.05) is 7.11 Å². The van der Waals surface area contributed by atoms with Gasteiger partial charge in [-0.1, -0.05) is 12.2 Å². The van der Waals surface area contributed by atoms with Crippen molar-refractivity contribution in [3.05, 3.63) is 35.7 Å². The van der Waals surface area contributed by atoms with Crippen LogP contribution in [0.25, 0.3) is 6.08 Å². The zero-order valence-electron chi connectivity index (χ0n) is 7.87. The van der Waals surface area contributed by atoms with Crippen LogP contribution in [0.15, 0.2) is 24.3 Å². The molecular weight excluding hydrogens is 183 g/mol. The summed E-state index contributed by atoms with van der Waals surface area (Å²) in [5, 5.41) is 0. The van der Waals surface area contributed by atoms with E-state index in [1.165, 1.54) is 13.2 Å². The Morgan fingerprint density at radius 2 is 2.29 bits per heavy atom. The minimum absolute atomic E-state index is 0.297. The number of halogens is 1. The minimum atomic E-state index is -0.355. The van der Waals surface area contributed by atoms with Gasteiger partial charge in [0.05, 0.1) is 7.11 Å². The van der Waals surface area contributed by atoms with Crippen molar-refractivity contribution in [3.63, 3.8) is 0 Å². The first-order valence-electron chi connectivity index (χ1n) is 4.21. The monoisotopic (exact) mass is 194 g/mol. The Kier molecular flexibility index (Phi) is 3.85. The van der Waals surface area contributed by atoms with Crippen molar-refractivity contribution in [1.82, 2.24) is 0 Å². The summed E-state index contributed by atoms with van der Waals surface area (Å²) in [6, 6.07) is 4.58. The summed E-state index contributed by atoms with van der Waals surface area (Å²) in [4.78, 5) is 10.0. The van der Waals surface area contributed by atoms with E-state index in [0.29, 0.717) is 17.7 Å².